The van der Waals surface area contributed by atoms with Crippen LogP contribution in [0.15, 0.2) is 72.8 Å². The second-order valence-electron chi connectivity index (χ2n) is 8.96. The number of nitrogens with one attached hydrogen (secondary N) is 1. The van der Waals surface area contributed by atoms with Gasteiger partial charge in [0.05, 0.1) is 16.8 Å². The van der Waals surface area contributed by atoms with Crippen LogP contribution in [0.1, 0.15) is 46.4 Å². The Balaban J connectivity index is 1.33. The molecule has 0 spiro atoms. The number of anilines is 1. The van der Waals surface area contributed by atoms with Crippen molar-refractivity contribution in [1.29, 1.82) is 0 Å². The Morgan fingerprint density at radius 1 is 0.914 bits per heavy atom. The lowest BCUT2D eigenvalue weighted by Crippen LogP contribution is -2.41. The SMILES string of the molecule is O=C(Nc1cc(Cl)ccc1Oc1ccccc1)C1CCCCC1CN1C(=O)c2ccccc2C1=O. The van der Waals surface area contributed by atoms with Crippen molar-refractivity contribution < 1.29 is 19.1 Å². The van der Waals surface area contributed by atoms with E-state index in [2.05, 4.69) is 5.32 Å². The van der Waals surface area contributed by atoms with Gasteiger partial charge in [-0.05, 0) is 61.2 Å². The number of para-hydroxylation sites is 1. The van der Waals surface area contributed by atoms with Gasteiger partial charge in [0, 0.05) is 17.5 Å². The van der Waals surface area contributed by atoms with Crippen molar-refractivity contribution in [3.8, 4) is 11.5 Å². The molecule has 1 heterocycles. The Hall–Kier alpha value is -3.64. The molecule has 1 N–H and O–H groups in total. The highest BCUT2D eigenvalue weighted by Crippen LogP contribution is 2.36. The van der Waals surface area contributed by atoms with Gasteiger partial charge in [-0.25, -0.2) is 0 Å². The molecule has 0 saturated heterocycles. The highest BCUT2D eigenvalue weighted by Gasteiger charge is 2.40. The fourth-order valence-electron chi connectivity index (χ4n) is 4.94. The van der Waals surface area contributed by atoms with E-state index in [0.29, 0.717) is 39.8 Å². The molecule has 1 aliphatic carbocycles. The minimum absolute atomic E-state index is 0.122. The van der Waals surface area contributed by atoms with Gasteiger partial charge < -0.3 is 10.1 Å². The minimum Gasteiger partial charge on any atom is -0.455 e. The Labute approximate surface area is 208 Å². The van der Waals surface area contributed by atoms with Gasteiger partial charge >= 0.3 is 0 Å². The number of hydrogen-bond donors (Lipinski definition) is 1. The van der Waals surface area contributed by atoms with E-state index in [-0.39, 0.29) is 36.1 Å². The van der Waals surface area contributed by atoms with Crippen LogP contribution in [0.25, 0.3) is 0 Å². The molecule has 0 radical (unpaired) electrons. The van der Waals surface area contributed by atoms with Gasteiger partial charge in [-0.3, -0.25) is 19.3 Å². The zero-order valence-electron chi connectivity index (χ0n) is 19.1. The molecule has 1 fully saturated rings. The van der Waals surface area contributed by atoms with E-state index in [1.165, 1.54) is 4.90 Å². The first kappa shape index (κ1) is 23.1. The van der Waals surface area contributed by atoms with E-state index in [9.17, 15) is 14.4 Å². The first-order chi connectivity index (χ1) is 17.0. The molecular weight excluding hydrogens is 464 g/mol. The van der Waals surface area contributed by atoms with Crippen molar-refractivity contribution in [3.05, 3.63) is 88.9 Å². The summed E-state index contributed by atoms with van der Waals surface area (Å²) in [4.78, 5) is 40.5. The lowest BCUT2D eigenvalue weighted by atomic mass is 9.78. The molecule has 0 bridgehead atoms. The maximum Gasteiger partial charge on any atom is 0.261 e. The number of benzene rings is 3. The van der Waals surface area contributed by atoms with Gasteiger partial charge in [0.25, 0.3) is 11.8 Å². The van der Waals surface area contributed by atoms with E-state index in [1.807, 2.05) is 30.3 Å². The Morgan fingerprint density at radius 2 is 1.57 bits per heavy atom. The van der Waals surface area contributed by atoms with Gasteiger partial charge in [0.15, 0.2) is 5.75 Å². The zero-order valence-corrected chi connectivity index (χ0v) is 19.8. The van der Waals surface area contributed by atoms with Crippen LogP contribution in [-0.2, 0) is 4.79 Å². The summed E-state index contributed by atoms with van der Waals surface area (Å²) in [7, 11) is 0. The number of halogens is 1. The Bertz CT molecular complexity index is 1240. The first-order valence-electron chi connectivity index (χ1n) is 11.8. The average molecular weight is 489 g/mol. The normalized spacial score (nSPS) is 19.4. The third kappa shape index (κ3) is 4.80. The zero-order chi connectivity index (χ0) is 24.4. The molecule has 2 unspecified atom stereocenters. The van der Waals surface area contributed by atoms with Crippen molar-refractivity contribution >= 4 is 35.0 Å². The number of carbonyl (C=O) groups is 3. The quantitative estimate of drug-likeness (QED) is 0.421. The van der Waals surface area contributed by atoms with Crippen LogP contribution in [0.5, 0.6) is 11.5 Å². The molecule has 1 saturated carbocycles. The van der Waals surface area contributed by atoms with Crippen LogP contribution in [-0.4, -0.2) is 29.2 Å². The number of fused-ring (bicyclic) bond motifs is 1. The summed E-state index contributed by atoms with van der Waals surface area (Å²) in [6.07, 6.45) is 3.33. The van der Waals surface area contributed by atoms with Crippen LogP contribution < -0.4 is 10.1 Å². The molecule has 7 heteroatoms. The molecule has 5 rings (SSSR count). The van der Waals surface area contributed by atoms with E-state index in [1.54, 1.807) is 42.5 Å². The van der Waals surface area contributed by atoms with Crippen molar-refractivity contribution in [1.82, 2.24) is 4.90 Å². The van der Waals surface area contributed by atoms with Crippen LogP contribution in [0.4, 0.5) is 5.69 Å². The van der Waals surface area contributed by atoms with E-state index < -0.39 is 0 Å². The summed E-state index contributed by atoms with van der Waals surface area (Å²) in [5.74, 6) is -0.0627. The fourth-order valence-corrected chi connectivity index (χ4v) is 5.11. The Kier molecular flexibility index (Phi) is 6.55. The van der Waals surface area contributed by atoms with Crippen molar-refractivity contribution in [3.63, 3.8) is 0 Å². The molecule has 3 aromatic rings. The number of ether oxygens (including phenoxy) is 1. The Morgan fingerprint density at radius 3 is 2.29 bits per heavy atom. The minimum atomic E-state index is -0.336. The topological polar surface area (TPSA) is 75.7 Å². The number of carbonyl (C=O) groups excluding carboxylic acids is 3. The molecule has 1 aliphatic heterocycles. The van der Waals surface area contributed by atoms with Crippen LogP contribution >= 0.6 is 11.6 Å². The molecule has 6 nitrogen and oxygen atoms in total. The second-order valence-corrected chi connectivity index (χ2v) is 9.40. The molecule has 178 valence electrons. The predicted molar refractivity (Wildman–Crippen MR) is 134 cm³/mol. The molecule has 3 amide bonds. The monoisotopic (exact) mass is 488 g/mol. The third-order valence-corrected chi connectivity index (χ3v) is 6.95. The molecule has 2 aliphatic rings. The number of nitrogens with zero attached hydrogens (tertiary/aromatic N) is 1. The van der Waals surface area contributed by atoms with Crippen LogP contribution in [0.3, 0.4) is 0 Å². The highest BCUT2D eigenvalue weighted by atomic mass is 35.5. The number of imide groups is 1. The number of rotatable bonds is 6. The third-order valence-electron chi connectivity index (χ3n) is 6.71. The largest absolute Gasteiger partial charge is 0.455 e. The average Bonchev–Trinajstić information content (AvgIpc) is 3.11. The van der Waals surface area contributed by atoms with Crippen LogP contribution in [0.2, 0.25) is 5.02 Å². The van der Waals surface area contributed by atoms with Crippen LogP contribution in [0, 0.1) is 11.8 Å². The van der Waals surface area contributed by atoms with Crippen molar-refractivity contribution in [2.24, 2.45) is 11.8 Å². The summed E-state index contributed by atoms with van der Waals surface area (Å²) in [6.45, 7) is 0.230. The van der Waals surface area contributed by atoms with E-state index in [4.69, 9.17) is 16.3 Å². The van der Waals surface area contributed by atoms with Gasteiger partial charge in [-0.2, -0.15) is 0 Å². The van der Waals surface area contributed by atoms with Gasteiger partial charge in [0.1, 0.15) is 5.75 Å². The summed E-state index contributed by atoms with van der Waals surface area (Å²) < 4.78 is 5.98. The lowest BCUT2D eigenvalue weighted by Gasteiger charge is -2.33. The summed E-state index contributed by atoms with van der Waals surface area (Å²) in [6, 6.07) is 21.3. The van der Waals surface area contributed by atoms with Gasteiger partial charge in [-0.1, -0.05) is 54.8 Å². The summed E-state index contributed by atoms with van der Waals surface area (Å²) in [5.41, 5.74) is 1.34. The predicted octanol–water partition coefficient (Wildman–Crippen LogP) is 6.17. The molecule has 3 aromatic carbocycles. The molecular formula is C28H25ClN2O4. The van der Waals surface area contributed by atoms with Gasteiger partial charge in [-0.15, -0.1) is 0 Å². The number of amides is 3. The molecule has 2 atom stereocenters. The second kappa shape index (κ2) is 9.92. The molecule has 35 heavy (non-hydrogen) atoms. The summed E-state index contributed by atoms with van der Waals surface area (Å²) >= 11 is 6.22. The fraction of sp³-hybridized carbons (Fsp3) is 0.250. The van der Waals surface area contributed by atoms with E-state index >= 15 is 0 Å². The first-order valence-corrected chi connectivity index (χ1v) is 12.2. The van der Waals surface area contributed by atoms with Crippen molar-refractivity contribution in [2.45, 2.75) is 25.7 Å². The maximum absolute atomic E-state index is 13.5. The van der Waals surface area contributed by atoms with E-state index in [0.717, 1.165) is 19.3 Å². The standard InChI is InChI=1S/C28H25ClN2O4/c29-19-14-15-25(35-20-9-2-1-3-10-20)24(16-19)30-26(32)21-11-5-4-8-18(21)17-31-27(33)22-12-6-7-13-23(22)28(31)34/h1-3,6-7,9-10,12-16,18,21H,4-5,8,11,17H2,(H,30,32). The van der Waals surface area contributed by atoms with Crippen molar-refractivity contribution in [2.75, 3.05) is 11.9 Å². The summed E-state index contributed by atoms with van der Waals surface area (Å²) in [5, 5.41) is 3.48. The molecule has 0 aromatic heterocycles. The maximum atomic E-state index is 13.5. The highest BCUT2D eigenvalue weighted by molar-refractivity contribution is 6.31. The number of hydrogen-bond acceptors (Lipinski definition) is 4. The van der Waals surface area contributed by atoms with Gasteiger partial charge in [0.2, 0.25) is 5.91 Å². The lowest BCUT2D eigenvalue weighted by molar-refractivity contribution is -0.122. The smallest absolute Gasteiger partial charge is 0.261 e.